The Labute approximate surface area is 90.2 Å². The van der Waals surface area contributed by atoms with Crippen molar-refractivity contribution in [2.45, 2.75) is 6.54 Å². The summed E-state index contributed by atoms with van der Waals surface area (Å²) >= 11 is 5.26. The lowest BCUT2D eigenvalue weighted by Crippen LogP contribution is -2.28. The topological polar surface area (TPSA) is 90.1 Å². The SMILES string of the molecule is O=C(CCl)NCCn1cc([N+](=O)[O-])cn1. The molecular weight excluding hydrogens is 224 g/mol. The van der Waals surface area contributed by atoms with Crippen molar-refractivity contribution in [3.63, 3.8) is 0 Å². The van der Waals surface area contributed by atoms with Gasteiger partial charge in [-0.3, -0.25) is 19.6 Å². The van der Waals surface area contributed by atoms with Crippen LogP contribution >= 0.6 is 11.6 Å². The van der Waals surface area contributed by atoms with Gasteiger partial charge in [0.1, 0.15) is 18.3 Å². The normalized spacial score (nSPS) is 9.93. The summed E-state index contributed by atoms with van der Waals surface area (Å²) in [6, 6.07) is 0. The summed E-state index contributed by atoms with van der Waals surface area (Å²) in [6.07, 6.45) is 2.45. The molecule has 1 N–H and O–H groups in total. The lowest BCUT2D eigenvalue weighted by Gasteiger charge is -2.01. The molecule has 0 aliphatic heterocycles. The van der Waals surface area contributed by atoms with Crippen LogP contribution in [0.4, 0.5) is 5.69 Å². The maximum Gasteiger partial charge on any atom is 0.306 e. The quantitative estimate of drug-likeness (QED) is 0.444. The first-order valence-corrected chi connectivity index (χ1v) is 4.66. The van der Waals surface area contributed by atoms with Crippen LogP contribution in [0.2, 0.25) is 0 Å². The van der Waals surface area contributed by atoms with Gasteiger partial charge in [0.2, 0.25) is 5.91 Å². The Hall–Kier alpha value is -1.63. The molecule has 1 amide bonds. The smallest absolute Gasteiger partial charge is 0.306 e. The Bertz CT molecular complexity index is 365. The zero-order valence-corrected chi connectivity index (χ0v) is 8.48. The van der Waals surface area contributed by atoms with Gasteiger partial charge in [-0.1, -0.05) is 0 Å². The second-order valence-electron chi connectivity index (χ2n) is 2.70. The fourth-order valence-electron chi connectivity index (χ4n) is 0.926. The molecule has 82 valence electrons. The molecule has 15 heavy (non-hydrogen) atoms. The fraction of sp³-hybridized carbons (Fsp3) is 0.429. The van der Waals surface area contributed by atoms with Crippen LogP contribution in [0.25, 0.3) is 0 Å². The molecule has 0 fully saturated rings. The molecule has 0 aliphatic carbocycles. The maximum absolute atomic E-state index is 10.7. The summed E-state index contributed by atoms with van der Waals surface area (Å²) in [4.78, 5) is 20.5. The summed E-state index contributed by atoms with van der Waals surface area (Å²) in [5.41, 5.74) is -0.0707. The first-order chi connectivity index (χ1) is 7.13. The average molecular weight is 233 g/mol. The number of aromatic nitrogens is 2. The van der Waals surface area contributed by atoms with Gasteiger partial charge in [0.15, 0.2) is 0 Å². The van der Waals surface area contributed by atoms with E-state index in [0.29, 0.717) is 13.1 Å². The van der Waals surface area contributed by atoms with E-state index in [1.807, 2.05) is 0 Å². The Morgan fingerprint density at radius 1 is 1.73 bits per heavy atom. The molecule has 0 spiro atoms. The molecule has 1 heterocycles. The van der Waals surface area contributed by atoms with Gasteiger partial charge in [-0.25, -0.2) is 0 Å². The van der Waals surface area contributed by atoms with E-state index in [0.717, 1.165) is 6.20 Å². The van der Waals surface area contributed by atoms with Gasteiger partial charge in [0.05, 0.1) is 11.5 Å². The number of hydrogen-bond donors (Lipinski definition) is 1. The van der Waals surface area contributed by atoms with Crippen LogP contribution in [0.1, 0.15) is 0 Å². The standard InChI is InChI=1S/C7H9ClN4O3/c8-3-7(13)9-1-2-11-5-6(4-10-11)12(14)15/h4-5H,1-3H2,(H,9,13). The summed E-state index contributed by atoms with van der Waals surface area (Å²) in [6.45, 7) is 0.709. The number of halogens is 1. The minimum absolute atomic E-state index is 0.0707. The summed E-state index contributed by atoms with van der Waals surface area (Å²) < 4.78 is 1.38. The van der Waals surface area contributed by atoms with E-state index in [4.69, 9.17) is 11.6 Å². The molecule has 1 aromatic rings. The van der Waals surface area contributed by atoms with Gasteiger partial charge in [-0.05, 0) is 0 Å². The number of nitrogens with zero attached hydrogens (tertiary/aromatic N) is 3. The Morgan fingerprint density at radius 2 is 2.47 bits per heavy atom. The van der Waals surface area contributed by atoms with Crippen LogP contribution in [0.5, 0.6) is 0 Å². The third-order valence-electron chi connectivity index (χ3n) is 1.61. The highest BCUT2D eigenvalue weighted by molar-refractivity contribution is 6.27. The van der Waals surface area contributed by atoms with Crippen LogP contribution in [-0.4, -0.2) is 33.0 Å². The lowest BCUT2D eigenvalue weighted by molar-refractivity contribution is -0.385. The van der Waals surface area contributed by atoms with Crippen LogP contribution in [0.3, 0.4) is 0 Å². The van der Waals surface area contributed by atoms with E-state index in [9.17, 15) is 14.9 Å². The van der Waals surface area contributed by atoms with Crippen molar-refractivity contribution in [2.24, 2.45) is 0 Å². The highest BCUT2D eigenvalue weighted by Crippen LogP contribution is 2.06. The van der Waals surface area contributed by atoms with E-state index in [-0.39, 0.29) is 17.5 Å². The molecule has 1 aromatic heterocycles. The van der Waals surface area contributed by atoms with Gasteiger partial charge in [-0.2, -0.15) is 5.10 Å². The van der Waals surface area contributed by atoms with Crippen LogP contribution in [0, 0.1) is 10.1 Å². The number of alkyl halides is 1. The molecule has 7 nitrogen and oxygen atoms in total. The van der Waals surface area contributed by atoms with E-state index in [2.05, 4.69) is 10.4 Å². The monoisotopic (exact) mass is 232 g/mol. The molecule has 0 aromatic carbocycles. The Kier molecular flexibility index (Phi) is 4.04. The first-order valence-electron chi connectivity index (χ1n) is 4.13. The number of amides is 1. The number of nitro groups is 1. The molecular formula is C7H9ClN4O3. The molecule has 0 saturated heterocycles. The number of hydrogen-bond acceptors (Lipinski definition) is 4. The predicted molar refractivity (Wildman–Crippen MR) is 52.6 cm³/mol. The van der Waals surface area contributed by atoms with Crippen LogP contribution in [0.15, 0.2) is 12.4 Å². The molecule has 8 heteroatoms. The molecule has 0 saturated carbocycles. The zero-order chi connectivity index (χ0) is 11.3. The van der Waals surface area contributed by atoms with Gasteiger partial charge < -0.3 is 5.32 Å². The lowest BCUT2D eigenvalue weighted by atomic mass is 10.5. The molecule has 0 atom stereocenters. The van der Waals surface area contributed by atoms with E-state index in [1.165, 1.54) is 10.9 Å². The third kappa shape index (κ3) is 3.55. The highest BCUT2D eigenvalue weighted by Gasteiger charge is 2.08. The minimum atomic E-state index is -0.527. The molecule has 0 unspecified atom stereocenters. The van der Waals surface area contributed by atoms with Gasteiger partial charge >= 0.3 is 5.69 Å². The van der Waals surface area contributed by atoms with Crippen molar-refractivity contribution < 1.29 is 9.72 Å². The fourth-order valence-corrected chi connectivity index (χ4v) is 1.02. The van der Waals surface area contributed by atoms with Gasteiger partial charge in [-0.15, -0.1) is 11.6 Å². The summed E-state index contributed by atoms with van der Waals surface area (Å²) in [5.74, 6) is -0.377. The highest BCUT2D eigenvalue weighted by atomic mass is 35.5. The van der Waals surface area contributed by atoms with Gasteiger partial charge in [0.25, 0.3) is 0 Å². The second-order valence-corrected chi connectivity index (χ2v) is 2.97. The van der Waals surface area contributed by atoms with E-state index in [1.54, 1.807) is 0 Å². The van der Waals surface area contributed by atoms with Crippen molar-refractivity contribution in [3.05, 3.63) is 22.5 Å². The van der Waals surface area contributed by atoms with Crippen molar-refractivity contribution in [1.29, 1.82) is 0 Å². The van der Waals surface area contributed by atoms with E-state index < -0.39 is 4.92 Å². The molecule has 1 rings (SSSR count). The maximum atomic E-state index is 10.7. The van der Waals surface area contributed by atoms with Crippen molar-refractivity contribution >= 4 is 23.2 Å². The largest absolute Gasteiger partial charge is 0.353 e. The second kappa shape index (κ2) is 5.30. The van der Waals surface area contributed by atoms with Crippen LogP contribution < -0.4 is 5.32 Å². The minimum Gasteiger partial charge on any atom is -0.353 e. The summed E-state index contributed by atoms with van der Waals surface area (Å²) in [5, 5.41) is 16.6. The van der Waals surface area contributed by atoms with Crippen molar-refractivity contribution in [3.8, 4) is 0 Å². The number of carbonyl (C=O) groups is 1. The zero-order valence-electron chi connectivity index (χ0n) is 7.72. The number of rotatable bonds is 5. The molecule has 0 bridgehead atoms. The van der Waals surface area contributed by atoms with Gasteiger partial charge in [0, 0.05) is 6.54 Å². The molecule has 0 aliphatic rings. The first kappa shape index (κ1) is 11.4. The van der Waals surface area contributed by atoms with Crippen molar-refractivity contribution in [1.82, 2.24) is 15.1 Å². The third-order valence-corrected chi connectivity index (χ3v) is 1.86. The van der Waals surface area contributed by atoms with E-state index >= 15 is 0 Å². The summed E-state index contributed by atoms with van der Waals surface area (Å²) in [7, 11) is 0. The Balaban J connectivity index is 2.38. The Morgan fingerprint density at radius 3 is 3.00 bits per heavy atom. The molecule has 0 radical (unpaired) electrons. The number of carbonyl (C=O) groups excluding carboxylic acids is 1. The average Bonchev–Trinajstić information content (AvgIpc) is 2.66. The van der Waals surface area contributed by atoms with Crippen LogP contribution in [-0.2, 0) is 11.3 Å². The number of nitrogens with one attached hydrogen (secondary N) is 1. The predicted octanol–water partition coefficient (Wildman–Crippen LogP) is 0.146. The van der Waals surface area contributed by atoms with Crippen molar-refractivity contribution in [2.75, 3.05) is 12.4 Å².